The molecule has 5 heteroatoms. The van der Waals surface area contributed by atoms with Crippen molar-refractivity contribution in [2.45, 2.75) is 25.3 Å². The fraction of sp³-hybridized carbons (Fsp3) is 0.294. The molecule has 0 atom stereocenters. The Morgan fingerprint density at radius 3 is 2.41 bits per heavy atom. The molecule has 0 saturated carbocycles. The smallest absolute Gasteiger partial charge is 0.178 e. The Hall–Kier alpha value is -2.01. The Morgan fingerprint density at radius 1 is 1.09 bits per heavy atom. The van der Waals surface area contributed by atoms with Crippen molar-refractivity contribution in [2.75, 3.05) is 11.5 Å². The molecule has 0 aromatic heterocycles. The molecule has 4 nitrogen and oxygen atoms in total. The number of nitrogen functional groups attached to an aromatic ring is 1. The first-order valence-electron chi connectivity index (χ1n) is 7.17. The van der Waals surface area contributed by atoms with Gasteiger partial charge >= 0.3 is 0 Å². The molecule has 2 aromatic rings. The maximum atomic E-state index is 12.3. The van der Waals surface area contributed by atoms with Crippen LogP contribution in [0.4, 0.5) is 5.69 Å². The van der Waals surface area contributed by atoms with Gasteiger partial charge in [-0.15, -0.1) is 0 Å². The third-order valence-corrected chi connectivity index (χ3v) is 5.21. The predicted molar refractivity (Wildman–Crippen MR) is 88.5 cm³/mol. The Labute approximate surface area is 131 Å². The Bertz CT molecular complexity index is 725. The van der Waals surface area contributed by atoms with E-state index in [2.05, 4.69) is 0 Å². The summed E-state index contributed by atoms with van der Waals surface area (Å²) < 4.78 is 30.2. The molecule has 22 heavy (non-hydrogen) atoms. The highest BCUT2D eigenvalue weighted by Gasteiger charge is 2.18. The van der Waals surface area contributed by atoms with E-state index in [4.69, 9.17) is 10.5 Å². The maximum Gasteiger partial charge on any atom is 0.178 e. The highest BCUT2D eigenvalue weighted by molar-refractivity contribution is 7.91. The molecule has 0 heterocycles. The van der Waals surface area contributed by atoms with Crippen LogP contribution in [0.5, 0.6) is 5.75 Å². The zero-order valence-electron chi connectivity index (χ0n) is 12.8. The number of nitrogens with two attached hydrogens (primary N) is 1. The topological polar surface area (TPSA) is 69.4 Å². The molecule has 0 aliphatic rings. The zero-order valence-corrected chi connectivity index (χ0v) is 13.6. The number of benzene rings is 2. The van der Waals surface area contributed by atoms with E-state index in [9.17, 15) is 8.42 Å². The van der Waals surface area contributed by atoms with Crippen LogP contribution in [-0.4, -0.2) is 14.2 Å². The molecule has 0 spiro atoms. The summed E-state index contributed by atoms with van der Waals surface area (Å²) in [6, 6.07) is 14.3. The van der Waals surface area contributed by atoms with Crippen molar-refractivity contribution in [3.63, 3.8) is 0 Å². The molecule has 0 bridgehead atoms. The maximum absolute atomic E-state index is 12.3. The molecular weight excluding hydrogens is 298 g/mol. The van der Waals surface area contributed by atoms with Crippen LogP contribution >= 0.6 is 0 Å². The van der Waals surface area contributed by atoms with Crippen molar-refractivity contribution in [1.29, 1.82) is 0 Å². The summed E-state index contributed by atoms with van der Waals surface area (Å²) in [6.45, 7) is 4.10. The summed E-state index contributed by atoms with van der Waals surface area (Å²) >= 11 is 0. The van der Waals surface area contributed by atoms with Crippen LogP contribution in [0, 0.1) is 5.92 Å². The van der Waals surface area contributed by atoms with Gasteiger partial charge in [0.05, 0.1) is 16.3 Å². The molecule has 0 unspecified atom stereocenters. The van der Waals surface area contributed by atoms with Gasteiger partial charge in [-0.05, 0) is 23.6 Å². The van der Waals surface area contributed by atoms with Gasteiger partial charge in [-0.25, -0.2) is 8.42 Å². The number of hydrogen-bond donors (Lipinski definition) is 1. The van der Waals surface area contributed by atoms with Gasteiger partial charge in [-0.2, -0.15) is 0 Å². The van der Waals surface area contributed by atoms with Gasteiger partial charge in [0.15, 0.2) is 9.84 Å². The molecule has 2 N–H and O–H groups in total. The second-order valence-electron chi connectivity index (χ2n) is 5.65. The highest BCUT2D eigenvalue weighted by atomic mass is 32.2. The van der Waals surface area contributed by atoms with Gasteiger partial charge in [0.1, 0.15) is 12.4 Å². The summed E-state index contributed by atoms with van der Waals surface area (Å²) in [5.41, 5.74) is 7.31. The molecule has 0 fully saturated rings. The lowest BCUT2D eigenvalue weighted by Gasteiger charge is -2.12. The Morgan fingerprint density at radius 2 is 1.77 bits per heavy atom. The molecule has 0 amide bonds. The van der Waals surface area contributed by atoms with Crippen molar-refractivity contribution < 1.29 is 13.2 Å². The van der Waals surface area contributed by atoms with Crippen molar-refractivity contribution in [2.24, 2.45) is 5.92 Å². The average molecular weight is 319 g/mol. The van der Waals surface area contributed by atoms with Crippen molar-refractivity contribution in [3.8, 4) is 5.75 Å². The SMILES string of the molecule is CC(C)CS(=O)(=O)c1ccc(N)c(OCc2ccccc2)c1. The van der Waals surface area contributed by atoms with Crippen molar-refractivity contribution in [1.82, 2.24) is 0 Å². The summed E-state index contributed by atoms with van der Waals surface area (Å²) in [5, 5.41) is 0. The quantitative estimate of drug-likeness (QED) is 0.830. The van der Waals surface area contributed by atoms with Gasteiger partial charge in [-0.1, -0.05) is 44.2 Å². The third-order valence-electron chi connectivity index (χ3n) is 3.13. The largest absolute Gasteiger partial charge is 0.487 e. The first-order valence-corrected chi connectivity index (χ1v) is 8.83. The van der Waals surface area contributed by atoms with E-state index in [1.54, 1.807) is 6.07 Å². The average Bonchev–Trinajstić information content (AvgIpc) is 2.46. The van der Waals surface area contributed by atoms with Gasteiger partial charge < -0.3 is 10.5 Å². The van der Waals surface area contributed by atoms with E-state index in [1.807, 2.05) is 44.2 Å². The van der Waals surface area contributed by atoms with Crippen LogP contribution in [0.2, 0.25) is 0 Å². The molecular formula is C17H21NO3S. The van der Waals surface area contributed by atoms with Crippen LogP contribution in [-0.2, 0) is 16.4 Å². The molecule has 0 aliphatic carbocycles. The lowest BCUT2D eigenvalue weighted by atomic mass is 10.2. The van der Waals surface area contributed by atoms with Gasteiger partial charge in [-0.3, -0.25) is 0 Å². The highest BCUT2D eigenvalue weighted by Crippen LogP contribution is 2.27. The van der Waals surface area contributed by atoms with E-state index < -0.39 is 9.84 Å². The molecule has 118 valence electrons. The fourth-order valence-electron chi connectivity index (χ4n) is 2.10. The minimum Gasteiger partial charge on any atom is -0.487 e. The summed E-state index contributed by atoms with van der Waals surface area (Å²) in [4.78, 5) is 0.249. The minimum atomic E-state index is -3.32. The lowest BCUT2D eigenvalue weighted by Crippen LogP contribution is -2.12. The van der Waals surface area contributed by atoms with Crippen LogP contribution in [0.25, 0.3) is 0 Å². The Kier molecular flexibility index (Phi) is 5.08. The number of anilines is 1. The van der Waals surface area contributed by atoms with Gasteiger partial charge in [0, 0.05) is 6.07 Å². The van der Waals surface area contributed by atoms with E-state index in [0.717, 1.165) is 5.56 Å². The minimum absolute atomic E-state index is 0.0660. The van der Waals surface area contributed by atoms with Crippen LogP contribution in [0.1, 0.15) is 19.4 Å². The molecule has 0 saturated heterocycles. The third kappa shape index (κ3) is 4.24. The second-order valence-corrected chi connectivity index (χ2v) is 7.68. The number of rotatable bonds is 6. The van der Waals surface area contributed by atoms with Crippen molar-refractivity contribution in [3.05, 3.63) is 54.1 Å². The first-order chi connectivity index (χ1) is 10.4. The van der Waals surface area contributed by atoms with E-state index in [0.29, 0.717) is 18.0 Å². The van der Waals surface area contributed by atoms with E-state index in [1.165, 1.54) is 12.1 Å². The monoisotopic (exact) mass is 319 g/mol. The normalized spacial score (nSPS) is 11.6. The van der Waals surface area contributed by atoms with E-state index >= 15 is 0 Å². The molecule has 2 rings (SSSR count). The molecule has 0 aliphatic heterocycles. The number of ether oxygens (including phenoxy) is 1. The number of hydrogen-bond acceptors (Lipinski definition) is 4. The first kappa shape index (κ1) is 16.4. The van der Waals surface area contributed by atoms with E-state index in [-0.39, 0.29) is 16.6 Å². The van der Waals surface area contributed by atoms with Crippen LogP contribution < -0.4 is 10.5 Å². The summed E-state index contributed by atoms with van der Waals surface area (Å²) in [5.74, 6) is 0.569. The standard InChI is InChI=1S/C17H21NO3S/c1-13(2)12-22(19,20)15-8-9-16(18)17(10-15)21-11-14-6-4-3-5-7-14/h3-10,13H,11-12,18H2,1-2H3. The second kappa shape index (κ2) is 6.83. The summed E-state index contributed by atoms with van der Waals surface area (Å²) in [6.07, 6.45) is 0. The summed E-state index contributed by atoms with van der Waals surface area (Å²) in [7, 11) is -3.32. The zero-order chi connectivity index (χ0) is 16.2. The van der Waals surface area contributed by atoms with Gasteiger partial charge in [0.2, 0.25) is 0 Å². The van der Waals surface area contributed by atoms with Crippen LogP contribution in [0.3, 0.4) is 0 Å². The number of sulfone groups is 1. The molecule has 0 radical (unpaired) electrons. The Balaban J connectivity index is 2.20. The van der Waals surface area contributed by atoms with Crippen molar-refractivity contribution >= 4 is 15.5 Å². The lowest BCUT2D eigenvalue weighted by molar-refractivity contribution is 0.307. The van der Waals surface area contributed by atoms with Crippen LogP contribution in [0.15, 0.2) is 53.4 Å². The fourth-order valence-corrected chi connectivity index (χ4v) is 3.74. The predicted octanol–water partition coefficient (Wildman–Crippen LogP) is 3.28. The molecule has 2 aromatic carbocycles. The van der Waals surface area contributed by atoms with Gasteiger partial charge in [0.25, 0.3) is 0 Å².